The smallest absolute Gasteiger partial charge is 0.241 e. The van der Waals surface area contributed by atoms with Crippen molar-refractivity contribution in [1.29, 1.82) is 5.26 Å². The molecule has 1 saturated heterocycles. The lowest BCUT2D eigenvalue weighted by Crippen LogP contribution is -2.39. The molecule has 0 atom stereocenters. The molecule has 1 aromatic carbocycles. The van der Waals surface area contributed by atoms with Gasteiger partial charge in [-0.1, -0.05) is 0 Å². The number of benzene rings is 1. The molecule has 1 N–H and O–H groups in total. The fourth-order valence-corrected chi connectivity index (χ4v) is 2.19. The maximum Gasteiger partial charge on any atom is 0.241 e. The van der Waals surface area contributed by atoms with E-state index in [1.807, 2.05) is 11.0 Å². The van der Waals surface area contributed by atoms with Crippen molar-refractivity contribution in [3.63, 3.8) is 0 Å². The SMILES string of the molecule is N#Cc1cc(F)ccc1NCC(=O)N1CCCCC1. The van der Waals surface area contributed by atoms with Gasteiger partial charge in [0.2, 0.25) is 5.91 Å². The van der Waals surface area contributed by atoms with Crippen molar-refractivity contribution < 1.29 is 9.18 Å². The lowest BCUT2D eigenvalue weighted by Gasteiger charge is -2.27. The first-order valence-electron chi connectivity index (χ1n) is 6.42. The number of hydrogen-bond acceptors (Lipinski definition) is 3. The Morgan fingerprint density at radius 3 is 2.79 bits per heavy atom. The average Bonchev–Trinajstić information content (AvgIpc) is 2.46. The molecular weight excluding hydrogens is 245 g/mol. The Morgan fingerprint density at radius 1 is 1.37 bits per heavy atom. The number of nitrogens with one attached hydrogen (secondary N) is 1. The molecule has 100 valence electrons. The van der Waals surface area contributed by atoms with E-state index in [1.165, 1.54) is 18.6 Å². The molecule has 4 nitrogen and oxygen atoms in total. The van der Waals surface area contributed by atoms with Crippen LogP contribution >= 0.6 is 0 Å². The largest absolute Gasteiger partial charge is 0.375 e. The summed E-state index contributed by atoms with van der Waals surface area (Å²) in [6.45, 7) is 1.74. The van der Waals surface area contributed by atoms with E-state index < -0.39 is 5.82 Å². The van der Waals surface area contributed by atoms with E-state index in [0.717, 1.165) is 32.0 Å². The number of carbonyl (C=O) groups excluding carboxylic acids is 1. The Kier molecular flexibility index (Phi) is 4.35. The maximum atomic E-state index is 13.0. The molecule has 19 heavy (non-hydrogen) atoms. The number of rotatable bonds is 3. The molecule has 0 aliphatic carbocycles. The number of nitriles is 1. The molecule has 0 bridgehead atoms. The monoisotopic (exact) mass is 261 g/mol. The summed E-state index contributed by atoms with van der Waals surface area (Å²) in [6, 6.07) is 5.83. The first-order valence-corrected chi connectivity index (χ1v) is 6.42. The van der Waals surface area contributed by atoms with Gasteiger partial charge in [-0.05, 0) is 37.5 Å². The van der Waals surface area contributed by atoms with Gasteiger partial charge in [-0.3, -0.25) is 4.79 Å². The van der Waals surface area contributed by atoms with Gasteiger partial charge in [0.05, 0.1) is 17.8 Å². The zero-order valence-electron chi connectivity index (χ0n) is 10.7. The summed E-state index contributed by atoms with van der Waals surface area (Å²) in [4.78, 5) is 13.8. The molecule has 2 rings (SSSR count). The molecule has 1 aliphatic rings. The van der Waals surface area contributed by atoms with Crippen LogP contribution in [0, 0.1) is 17.1 Å². The zero-order chi connectivity index (χ0) is 13.7. The second-order valence-corrected chi connectivity index (χ2v) is 4.60. The summed E-state index contributed by atoms with van der Waals surface area (Å²) < 4.78 is 13.0. The Bertz CT molecular complexity index is 504. The Morgan fingerprint density at radius 2 is 2.11 bits per heavy atom. The van der Waals surface area contributed by atoms with E-state index in [2.05, 4.69) is 5.32 Å². The Hall–Kier alpha value is -2.09. The highest BCUT2D eigenvalue weighted by Gasteiger charge is 2.16. The number of halogens is 1. The van der Waals surface area contributed by atoms with Gasteiger partial charge < -0.3 is 10.2 Å². The first-order chi connectivity index (χ1) is 9.20. The van der Waals surface area contributed by atoms with Crippen molar-refractivity contribution >= 4 is 11.6 Å². The van der Waals surface area contributed by atoms with Crippen molar-refractivity contribution in [3.8, 4) is 6.07 Å². The Labute approximate surface area is 111 Å². The molecule has 0 aromatic heterocycles. The van der Waals surface area contributed by atoms with Crippen LogP contribution in [-0.2, 0) is 4.79 Å². The summed E-state index contributed by atoms with van der Waals surface area (Å²) >= 11 is 0. The van der Waals surface area contributed by atoms with Crippen molar-refractivity contribution in [2.24, 2.45) is 0 Å². The van der Waals surface area contributed by atoms with Gasteiger partial charge in [0.1, 0.15) is 11.9 Å². The van der Waals surface area contributed by atoms with Gasteiger partial charge in [0.15, 0.2) is 0 Å². The van der Waals surface area contributed by atoms with Crippen LogP contribution in [0.4, 0.5) is 10.1 Å². The number of likely N-dealkylation sites (tertiary alicyclic amines) is 1. The highest BCUT2D eigenvalue weighted by Crippen LogP contribution is 2.16. The molecule has 1 aliphatic heterocycles. The van der Waals surface area contributed by atoms with Gasteiger partial charge in [0, 0.05) is 13.1 Å². The lowest BCUT2D eigenvalue weighted by atomic mass is 10.1. The van der Waals surface area contributed by atoms with Crippen molar-refractivity contribution in [3.05, 3.63) is 29.6 Å². The normalized spacial score (nSPS) is 14.8. The number of piperidine rings is 1. The summed E-state index contributed by atoms with van der Waals surface area (Å²) in [6.07, 6.45) is 3.27. The second-order valence-electron chi connectivity index (χ2n) is 4.60. The molecule has 1 amide bonds. The third kappa shape index (κ3) is 3.44. The Balaban J connectivity index is 1.95. The highest BCUT2D eigenvalue weighted by atomic mass is 19.1. The third-order valence-corrected chi connectivity index (χ3v) is 3.24. The molecule has 1 aromatic rings. The molecule has 0 saturated carbocycles. The minimum Gasteiger partial charge on any atom is -0.375 e. The highest BCUT2D eigenvalue weighted by molar-refractivity contribution is 5.81. The van der Waals surface area contributed by atoms with Crippen LogP contribution in [-0.4, -0.2) is 30.4 Å². The van der Waals surface area contributed by atoms with Crippen LogP contribution in [0.3, 0.4) is 0 Å². The summed E-state index contributed by atoms with van der Waals surface area (Å²) in [5, 5.41) is 11.8. The molecule has 1 heterocycles. The van der Waals surface area contributed by atoms with Crippen LogP contribution in [0.5, 0.6) is 0 Å². The predicted octanol–water partition coefficient (Wildman–Crippen LogP) is 2.12. The van der Waals surface area contributed by atoms with Gasteiger partial charge in [-0.2, -0.15) is 5.26 Å². The molecule has 0 radical (unpaired) electrons. The quantitative estimate of drug-likeness (QED) is 0.906. The van der Waals surface area contributed by atoms with Crippen LogP contribution in [0.15, 0.2) is 18.2 Å². The minimum absolute atomic E-state index is 0.0212. The number of anilines is 1. The van der Waals surface area contributed by atoms with Gasteiger partial charge in [-0.15, -0.1) is 0 Å². The van der Waals surface area contributed by atoms with E-state index in [9.17, 15) is 9.18 Å². The first kappa shape index (κ1) is 13.3. The van der Waals surface area contributed by atoms with E-state index in [4.69, 9.17) is 5.26 Å². The zero-order valence-corrected chi connectivity index (χ0v) is 10.7. The van der Waals surface area contributed by atoms with Crippen LogP contribution in [0.2, 0.25) is 0 Å². The third-order valence-electron chi connectivity index (χ3n) is 3.24. The molecule has 0 unspecified atom stereocenters. The van der Waals surface area contributed by atoms with E-state index in [0.29, 0.717) is 5.69 Å². The van der Waals surface area contributed by atoms with Crippen molar-refractivity contribution in [1.82, 2.24) is 4.90 Å². The van der Waals surface area contributed by atoms with E-state index in [-0.39, 0.29) is 18.0 Å². The number of amides is 1. The van der Waals surface area contributed by atoms with E-state index in [1.54, 1.807) is 0 Å². The molecule has 1 fully saturated rings. The maximum absolute atomic E-state index is 13.0. The summed E-state index contributed by atoms with van der Waals surface area (Å²) in [7, 11) is 0. The summed E-state index contributed by atoms with van der Waals surface area (Å²) in [5.41, 5.74) is 0.709. The van der Waals surface area contributed by atoms with Gasteiger partial charge in [0.25, 0.3) is 0 Å². The summed E-state index contributed by atoms with van der Waals surface area (Å²) in [5.74, 6) is -0.433. The minimum atomic E-state index is -0.454. The molecule has 5 heteroatoms. The number of nitrogens with zero attached hydrogens (tertiary/aromatic N) is 2. The molecular formula is C14H16FN3O. The van der Waals surface area contributed by atoms with Crippen molar-refractivity contribution in [2.45, 2.75) is 19.3 Å². The number of hydrogen-bond donors (Lipinski definition) is 1. The lowest BCUT2D eigenvalue weighted by molar-refractivity contribution is -0.130. The topological polar surface area (TPSA) is 56.1 Å². The van der Waals surface area contributed by atoms with Gasteiger partial charge >= 0.3 is 0 Å². The fourth-order valence-electron chi connectivity index (χ4n) is 2.19. The van der Waals surface area contributed by atoms with Gasteiger partial charge in [-0.25, -0.2) is 4.39 Å². The van der Waals surface area contributed by atoms with E-state index >= 15 is 0 Å². The van der Waals surface area contributed by atoms with Crippen LogP contribution in [0.1, 0.15) is 24.8 Å². The second kappa shape index (κ2) is 6.19. The van der Waals surface area contributed by atoms with Crippen LogP contribution in [0.25, 0.3) is 0 Å². The van der Waals surface area contributed by atoms with Crippen molar-refractivity contribution in [2.75, 3.05) is 25.0 Å². The standard InChI is InChI=1S/C14H16FN3O/c15-12-4-5-13(11(8-12)9-16)17-10-14(19)18-6-2-1-3-7-18/h4-5,8,17H,1-3,6-7,10H2. The fraction of sp³-hybridized carbons (Fsp3) is 0.429. The van der Waals surface area contributed by atoms with Crippen LogP contribution < -0.4 is 5.32 Å². The average molecular weight is 261 g/mol. The number of carbonyl (C=O) groups is 1. The molecule has 0 spiro atoms. The predicted molar refractivity (Wildman–Crippen MR) is 70.0 cm³/mol.